The number of nitrogens with zero attached hydrogens (tertiary/aromatic N) is 1. The number of likely N-dealkylation sites (tertiary alicyclic amines) is 1. The number of hydrogen-bond donors (Lipinski definition) is 1. The van der Waals surface area contributed by atoms with E-state index >= 15 is 0 Å². The smallest absolute Gasteiger partial charge is 0.0741 e. The summed E-state index contributed by atoms with van der Waals surface area (Å²) in [6, 6.07) is 10.8. The van der Waals surface area contributed by atoms with E-state index in [0.717, 1.165) is 38.9 Å². The van der Waals surface area contributed by atoms with Crippen LogP contribution in [0.2, 0.25) is 0 Å². The average molecular weight is 341 g/mol. The van der Waals surface area contributed by atoms with Gasteiger partial charge in [0.25, 0.3) is 0 Å². The van der Waals surface area contributed by atoms with Crippen molar-refractivity contribution in [3.63, 3.8) is 0 Å². The molecule has 25 heavy (non-hydrogen) atoms. The predicted octanol–water partition coefficient (Wildman–Crippen LogP) is 3.43. The monoisotopic (exact) mass is 341 g/mol. The Balaban J connectivity index is 1.47. The minimum absolute atomic E-state index is 0.0603. The quantitative estimate of drug-likeness (QED) is 0.833. The molecule has 2 fully saturated rings. The van der Waals surface area contributed by atoms with Crippen molar-refractivity contribution in [2.75, 3.05) is 32.8 Å². The molecule has 1 aliphatic carbocycles. The Morgan fingerprint density at radius 3 is 2.84 bits per heavy atom. The van der Waals surface area contributed by atoms with Crippen LogP contribution in [0, 0.1) is 10.8 Å². The van der Waals surface area contributed by atoms with E-state index in [9.17, 15) is 5.11 Å². The summed E-state index contributed by atoms with van der Waals surface area (Å²) >= 11 is 0. The summed E-state index contributed by atoms with van der Waals surface area (Å²) in [6.45, 7) is 4.20. The molecule has 3 atom stereocenters. The lowest BCUT2D eigenvalue weighted by atomic mass is 9.56. The molecule has 0 unspecified atom stereocenters. The average Bonchev–Trinajstić information content (AvgIpc) is 2.86. The van der Waals surface area contributed by atoms with Gasteiger partial charge < -0.3 is 14.7 Å². The summed E-state index contributed by atoms with van der Waals surface area (Å²) < 4.78 is 6.31. The zero-order valence-corrected chi connectivity index (χ0v) is 15.2. The van der Waals surface area contributed by atoms with Crippen LogP contribution >= 0.6 is 0 Å². The largest absolute Gasteiger partial charge is 0.396 e. The standard InChI is InChI=1S/C22H31NO2/c24-18-22-13-7-12-21(11-4-5-15-25-20(21)22)16-23(17-22)14-6-10-19-8-2-1-3-9-19/h1-5,8-9,20,24H,6-7,10-18H2/t20-,21-,22+/m0/s1. The number of aliphatic hydroxyl groups excluding tert-OH is 1. The maximum atomic E-state index is 10.3. The van der Waals surface area contributed by atoms with Crippen molar-refractivity contribution in [3.05, 3.63) is 48.0 Å². The summed E-state index contributed by atoms with van der Waals surface area (Å²) in [7, 11) is 0. The molecule has 0 amide bonds. The van der Waals surface area contributed by atoms with Gasteiger partial charge in [-0.1, -0.05) is 48.9 Å². The SMILES string of the molecule is OC[C@]12CCC[C@@]3(CC=CCO[C@@H]31)CN(CCCc1ccccc1)C2. The first-order chi connectivity index (χ1) is 12.3. The van der Waals surface area contributed by atoms with Gasteiger partial charge in [-0.25, -0.2) is 0 Å². The Hall–Kier alpha value is -1.16. The molecule has 3 heteroatoms. The van der Waals surface area contributed by atoms with Crippen LogP contribution in [0.3, 0.4) is 0 Å². The van der Waals surface area contributed by atoms with E-state index in [0.29, 0.717) is 6.61 Å². The van der Waals surface area contributed by atoms with E-state index in [1.165, 1.54) is 24.8 Å². The van der Waals surface area contributed by atoms with Crippen molar-refractivity contribution in [1.82, 2.24) is 4.90 Å². The fourth-order valence-corrected chi connectivity index (χ4v) is 5.66. The fraction of sp³-hybridized carbons (Fsp3) is 0.636. The summed E-state index contributed by atoms with van der Waals surface area (Å²) in [5.74, 6) is 0. The van der Waals surface area contributed by atoms with E-state index in [4.69, 9.17) is 4.74 Å². The maximum Gasteiger partial charge on any atom is 0.0741 e. The first kappa shape index (κ1) is 17.3. The van der Waals surface area contributed by atoms with Crippen molar-refractivity contribution in [2.24, 2.45) is 10.8 Å². The normalized spacial score (nSPS) is 35.2. The van der Waals surface area contributed by atoms with Crippen LogP contribution in [0.25, 0.3) is 0 Å². The lowest BCUT2D eigenvalue weighted by molar-refractivity contribution is -0.197. The number of ether oxygens (including phenoxy) is 1. The Morgan fingerprint density at radius 1 is 1.12 bits per heavy atom. The van der Waals surface area contributed by atoms with Gasteiger partial charge in [0.15, 0.2) is 0 Å². The van der Waals surface area contributed by atoms with Gasteiger partial charge in [0.05, 0.1) is 19.3 Å². The number of rotatable bonds is 5. The topological polar surface area (TPSA) is 32.7 Å². The lowest BCUT2D eigenvalue weighted by Gasteiger charge is -2.60. The molecular formula is C22H31NO2. The molecule has 2 heterocycles. The molecule has 1 saturated heterocycles. The van der Waals surface area contributed by atoms with Crippen molar-refractivity contribution >= 4 is 0 Å². The molecule has 1 aromatic carbocycles. The van der Waals surface area contributed by atoms with Crippen LogP contribution in [-0.2, 0) is 11.2 Å². The Labute approximate surface area is 151 Å². The molecular weight excluding hydrogens is 310 g/mol. The number of hydrogen-bond acceptors (Lipinski definition) is 3. The van der Waals surface area contributed by atoms with Crippen molar-refractivity contribution in [3.8, 4) is 0 Å². The van der Waals surface area contributed by atoms with Crippen molar-refractivity contribution in [1.29, 1.82) is 0 Å². The molecule has 2 aliphatic heterocycles. The number of piperidine rings is 1. The highest BCUT2D eigenvalue weighted by Crippen LogP contribution is 2.54. The second kappa shape index (κ2) is 7.22. The number of benzene rings is 1. The molecule has 0 aromatic heterocycles. The van der Waals surface area contributed by atoms with Crippen LogP contribution in [0.15, 0.2) is 42.5 Å². The third-order valence-electron chi connectivity index (χ3n) is 6.69. The zero-order chi connectivity index (χ0) is 17.2. The van der Waals surface area contributed by atoms with Crippen LogP contribution < -0.4 is 0 Å². The van der Waals surface area contributed by atoms with Gasteiger partial charge in [0.2, 0.25) is 0 Å². The van der Waals surface area contributed by atoms with Crippen LogP contribution in [0.5, 0.6) is 0 Å². The van der Waals surface area contributed by atoms with Gasteiger partial charge in [-0.05, 0) is 44.2 Å². The Bertz CT molecular complexity index is 601. The van der Waals surface area contributed by atoms with E-state index in [2.05, 4.69) is 47.4 Å². The molecule has 0 radical (unpaired) electrons. The van der Waals surface area contributed by atoms with Crippen LogP contribution in [0.1, 0.15) is 37.7 Å². The molecule has 2 bridgehead atoms. The van der Waals surface area contributed by atoms with Crippen LogP contribution in [-0.4, -0.2) is 49.0 Å². The fourth-order valence-electron chi connectivity index (χ4n) is 5.66. The van der Waals surface area contributed by atoms with Gasteiger partial charge in [-0.3, -0.25) is 0 Å². The first-order valence-electron chi connectivity index (χ1n) is 9.90. The molecule has 1 saturated carbocycles. The highest BCUT2D eigenvalue weighted by molar-refractivity contribution is 5.15. The minimum Gasteiger partial charge on any atom is -0.396 e. The lowest BCUT2D eigenvalue weighted by Crippen LogP contribution is -2.66. The highest BCUT2D eigenvalue weighted by Gasteiger charge is 2.58. The van der Waals surface area contributed by atoms with Gasteiger partial charge in [0, 0.05) is 23.9 Å². The number of allylic oxidation sites excluding steroid dienone is 1. The molecule has 1 N–H and O–H groups in total. The third kappa shape index (κ3) is 3.30. The molecule has 136 valence electrons. The third-order valence-corrected chi connectivity index (χ3v) is 6.69. The first-order valence-corrected chi connectivity index (χ1v) is 9.90. The van der Waals surface area contributed by atoms with Gasteiger partial charge in [-0.2, -0.15) is 0 Å². The molecule has 0 spiro atoms. The zero-order valence-electron chi connectivity index (χ0n) is 15.2. The summed E-state index contributed by atoms with van der Waals surface area (Å²) in [6.07, 6.45) is 11.7. The minimum atomic E-state index is -0.0603. The van der Waals surface area contributed by atoms with E-state index in [-0.39, 0.29) is 23.5 Å². The Morgan fingerprint density at radius 2 is 2.00 bits per heavy atom. The predicted molar refractivity (Wildman–Crippen MR) is 101 cm³/mol. The van der Waals surface area contributed by atoms with Gasteiger partial charge in [0.1, 0.15) is 0 Å². The van der Waals surface area contributed by atoms with Crippen molar-refractivity contribution < 1.29 is 9.84 Å². The second-order valence-corrected chi connectivity index (χ2v) is 8.43. The maximum absolute atomic E-state index is 10.3. The summed E-state index contributed by atoms with van der Waals surface area (Å²) in [4.78, 5) is 2.62. The van der Waals surface area contributed by atoms with E-state index < -0.39 is 0 Å². The Kier molecular flexibility index (Phi) is 4.99. The number of aliphatic hydroxyl groups is 1. The molecule has 1 aromatic rings. The molecule has 3 aliphatic rings. The summed E-state index contributed by atoms with van der Waals surface area (Å²) in [5, 5.41) is 10.3. The second-order valence-electron chi connectivity index (χ2n) is 8.43. The van der Waals surface area contributed by atoms with Crippen molar-refractivity contribution in [2.45, 2.75) is 44.6 Å². The van der Waals surface area contributed by atoms with E-state index in [1.54, 1.807) is 0 Å². The summed E-state index contributed by atoms with van der Waals surface area (Å²) in [5.41, 5.74) is 1.57. The van der Waals surface area contributed by atoms with Gasteiger partial charge in [-0.15, -0.1) is 0 Å². The molecule has 3 nitrogen and oxygen atoms in total. The molecule has 4 rings (SSSR count). The van der Waals surface area contributed by atoms with E-state index in [1.807, 2.05) is 0 Å². The van der Waals surface area contributed by atoms with Crippen LogP contribution in [0.4, 0.5) is 0 Å². The number of aryl methyl sites for hydroxylation is 1. The highest BCUT2D eigenvalue weighted by atomic mass is 16.5. The van der Waals surface area contributed by atoms with Gasteiger partial charge >= 0.3 is 0 Å².